The molecule has 7 nitrogen and oxygen atoms in total. The van der Waals surface area contributed by atoms with Gasteiger partial charge in [0, 0.05) is 24.3 Å². The van der Waals surface area contributed by atoms with E-state index < -0.39 is 18.0 Å². The van der Waals surface area contributed by atoms with Crippen LogP contribution in [0.5, 0.6) is 17.2 Å². The Morgan fingerprint density at radius 1 is 1.00 bits per heavy atom. The molecule has 0 fully saturated rings. The smallest absolute Gasteiger partial charge is 0.331 e. The molecule has 8 heteroatoms. The number of rotatable bonds is 9. The molecule has 160 valence electrons. The molecule has 0 aliphatic rings. The molecule has 30 heavy (non-hydrogen) atoms. The molecule has 0 radical (unpaired) electrons. The van der Waals surface area contributed by atoms with Crippen LogP contribution >= 0.6 is 0 Å². The molecule has 1 amide bonds. The fraction of sp³-hybridized carbons (Fsp3) is 0.273. The van der Waals surface area contributed by atoms with Gasteiger partial charge in [-0.25, -0.2) is 9.18 Å². The minimum absolute atomic E-state index is 0.194. The van der Waals surface area contributed by atoms with Crippen molar-refractivity contribution >= 4 is 18.0 Å². The third-order valence-electron chi connectivity index (χ3n) is 4.18. The molecule has 1 atom stereocenters. The molecule has 0 aromatic heterocycles. The topological polar surface area (TPSA) is 83.1 Å². The highest BCUT2D eigenvalue weighted by Crippen LogP contribution is 2.35. The molecule has 0 aliphatic carbocycles. The van der Waals surface area contributed by atoms with Crippen molar-refractivity contribution in [3.8, 4) is 17.2 Å². The SMILES string of the molecule is COc1cc(OC)c(OC)cc1/C=C/C(=O)O[C@@H](C)C(=O)NCc1ccc(F)cc1. The Kier molecular flexibility index (Phi) is 8.22. The second-order valence-corrected chi connectivity index (χ2v) is 6.21. The standard InChI is InChI=1S/C22H24FNO6/c1-14(22(26)24-13-15-5-8-17(23)9-6-15)30-21(25)10-7-16-11-19(28-3)20(29-4)12-18(16)27-2/h5-12,14H,13H2,1-4H3,(H,24,26)/b10-7+/t14-/m0/s1. The van der Waals surface area contributed by atoms with Gasteiger partial charge in [0.05, 0.1) is 21.3 Å². The number of ether oxygens (including phenoxy) is 4. The summed E-state index contributed by atoms with van der Waals surface area (Å²) in [5.41, 5.74) is 1.30. The van der Waals surface area contributed by atoms with E-state index >= 15 is 0 Å². The molecule has 0 unspecified atom stereocenters. The van der Waals surface area contributed by atoms with Crippen LogP contribution in [0.2, 0.25) is 0 Å². The first kappa shape index (κ1) is 22.7. The lowest BCUT2D eigenvalue weighted by Crippen LogP contribution is -2.35. The fourth-order valence-electron chi connectivity index (χ4n) is 2.54. The number of methoxy groups -OCH3 is 3. The molecular formula is C22H24FNO6. The maximum Gasteiger partial charge on any atom is 0.331 e. The molecular weight excluding hydrogens is 393 g/mol. The number of halogens is 1. The fourth-order valence-corrected chi connectivity index (χ4v) is 2.54. The van der Waals surface area contributed by atoms with Gasteiger partial charge < -0.3 is 24.3 Å². The molecule has 0 spiro atoms. The molecule has 2 rings (SSSR count). The number of amides is 1. The summed E-state index contributed by atoms with van der Waals surface area (Å²) in [5.74, 6) is -0.0894. The van der Waals surface area contributed by atoms with Gasteiger partial charge in [-0.2, -0.15) is 0 Å². The summed E-state index contributed by atoms with van der Waals surface area (Å²) in [7, 11) is 4.50. The number of carbonyl (C=O) groups is 2. The van der Waals surface area contributed by atoms with Gasteiger partial charge in [-0.1, -0.05) is 12.1 Å². The van der Waals surface area contributed by atoms with Crippen LogP contribution in [0.4, 0.5) is 4.39 Å². The van der Waals surface area contributed by atoms with E-state index in [9.17, 15) is 14.0 Å². The molecule has 0 saturated heterocycles. The van der Waals surface area contributed by atoms with Crippen LogP contribution in [-0.4, -0.2) is 39.3 Å². The quantitative estimate of drug-likeness (QED) is 0.499. The average molecular weight is 417 g/mol. The van der Waals surface area contributed by atoms with Crippen molar-refractivity contribution in [2.45, 2.75) is 19.6 Å². The zero-order valence-corrected chi connectivity index (χ0v) is 17.2. The highest BCUT2D eigenvalue weighted by atomic mass is 19.1. The lowest BCUT2D eigenvalue weighted by atomic mass is 10.1. The normalized spacial score (nSPS) is 11.6. The summed E-state index contributed by atoms with van der Waals surface area (Å²) in [6.45, 7) is 1.66. The monoisotopic (exact) mass is 417 g/mol. The van der Waals surface area contributed by atoms with Gasteiger partial charge in [0.15, 0.2) is 17.6 Å². The van der Waals surface area contributed by atoms with Crippen molar-refractivity contribution in [1.82, 2.24) is 5.32 Å². The molecule has 1 N–H and O–H groups in total. The van der Waals surface area contributed by atoms with E-state index in [0.717, 1.165) is 5.56 Å². The lowest BCUT2D eigenvalue weighted by molar-refractivity contribution is -0.150. The van der Waals surface area contributed by atoms with Crippen LogP contribution in [0.25, 0.3) is 6.08 Å². The van der Waals surface area contributed by atoms with Crippen molar-refractivity contribution in [3.63, 3.8) is 0 Å². The number of carbonyl (C=O) groups excluding carboxylic acids is 2. The van der Waals surface area contributed by atoms with Crippen molar-refractivity contribution in [2.75, 3.05) is 21.3 Å². The summed E-state index contributed by atoms with van der Waals surface area (Å²) < 4.78 is 33.8. The van der Waals surface area contributed by atoms with Crippen LogP contribution in [0.3, 0.4) is 0 Å². The van der Waals surface area contributed by atoms with Gasteiger partial charge in [0.1, 0.15) is 11.6 Å². The van der Waals surface area contributed by atoms with E-state index in [1.807, 2.05) is 0 Å². The predicted octanol–water partition coefficient (Wildman–Crippen LogP) is 3.11. The number of esters is 1. The van der Waals surface area contributed by atoms with E-state index in [4.69, 9.17) is 18.9 Å². The van der Waals surface area contributed by atoms with Gasteiger partial charge >= 0.3 is 5.97 Å². The second-order valence-electron chi connectivity index (χ2n) is 6.21. The number of benzene rings is 2. The number of nitrogens with one attached hydrogen (secondary N) is 1. The lowest BCUT2D eigenvalue weighted by Gasteiger charge is -2.13. The molecule has 0 bridgehead atoms. The maximum atomic E-state index is 12.9. The van der Waals surface area contributed by atoms with Crippen LogP contribution in [-0.2, 0) is 20.9 Å². The Bertz CT molecular complexity index is 911. The van der Waals surface area contributed by atoms with Crippen LogP contribution in [0, 0.1) is 5.82 Å². The first-order chi connectivity index (χ1) is 14.4. The van der Waals surface area contributed by atoms with E-state index in [1.165, 1.54) is 52.5 Å². The van der Waals surface area contributed by atoms with Crippen LogP contribution in [0.15, 0.2) is 42.5 Å². The van der Waals surface area contributed by atoms with E-state index in [2.05, 4.69) is 5.32 Å². The van der Waals surface area contributed by atoms with E-state index in [0.29, 0.717) is 22.8 Å². The average Bonchev–Trinajstić information content (AvgIpc) is 2.76. The van der Waals surface area contributed by atoms with Gasteiger partial charge in [0.2, 0.25) is 0 Å². The summed E-state index contributed by atoms with van der Waals surface area (Å²) in [6.07, 6.45) is 1.68. The van der Waals surface area contributed by atoms with Gasteiger partial charge in [-0.3, -0.25) is 4.79 Å². The predicted molar refractivity (Wildman–Crippen MR) is 109 cm³/mol. The maximum absolute atomic E-state index is 12.9. The second kappa shape index (κ2) is 10.8. The largest absolute Gasteiger partial charge is 0.496 e. The Morgan fingerprint density at radius 2 is 1.60 bits per heavy atom. The Hall–Kier alpha value is -3.55. The Morgan fingerprint density at radius 3 is 2.20 bits per heavy atom. The number of hydrogen-bond donors (Lipinski definition) is 1. The highest BCUT2D eigenvalue weighted by molar-refractivity contribution is 5.90. The number of hydrogen-bond acceptors (Lipinski definition) is 6. The van der Waals surface area contributed by atoms with Crippen LogP contribution in [0.1, 0.15) is 18.1 Å². The third kappa shape index (κ3) is 6.23. The minimum atomic E-state index is -1.00. The van der Waals surface area contributed by atoms with Crippen molar-refractivity contribution in [1.29, 1.82) is 0 Å². The minimum Gasteiger partial charge on any atom is -0.496 e. The highest BCUT2D eigenvalue weighted by Gasteiger charge is 2.16. The third-order valence-corrected chi connectivity index (χ3v) is 4.18. The first-order valence-electron chi connectivity index (χ1n) is 9.08. The molecule has 2 aromatic carbocycles. The summed E-state index contributed by atoms with van der Waals surface area (Å²) in [4.78, 5) is 24.2. The van der Waals surface area contributed by atoms with E-state index in [1.54, 1.807) is 24.3 Å². The molecule has 0 heterocycles. The summed E-state index contributed by atoms with van der Waals surface area (Å²) >= 11 is 0. The van der Waals surface area contributed by atoms with Crippen molar-refractivity contribution < 1.29 is 32.9 Å². The Labute approximate surface area is 174 Å². The molecule has 2 aromatic rings. The summed E-state index contributed by atoms with van der Waals surface area (Å²) in [6, 6.07) is 9.02. The van der Waals surface area contributed by atoms with Crippen LogP contribution < -0.4 is 19.5 Å². The zero-order valence-electron chi connectivity index (χ0n) is 17.2. The molecule has 0 aliphatic heterocycles. The van der Waals surface area contributed by atoms with E-state index in [-0.39, 0.29) is 12.4 Å². The van der Waals surface area contributed by atoms with Crippen molar-refractivity contribution in [2.24, 2.45) is 0 Å². The van der Waals surface area contributed by atoms with Gasteiger partial charge in [-0.05, 0) is 36.8 Å². The zero-order chi connectivity index (χ0) is 22.1. The van der Waals surface area contributed by atoms with Gasteiger partial charge in [0.25, 0.3) is 5.91 Å². The Balaban J connectivity index is 1.96. The summed E-state index contributed by atoms with van der Waals surface area (Å²) in [5, 5.41) is 2.63. The molecule has 0 saturated carbocycles. The van der Waals surface area contributed by atoms with Crippen molar-refractivity contribution in [3.05, 3.63) is 59.4 Å². The first-order valence-corrected chi connectivity index (χ1v) is 9.08. The van der Waals surface area contributed by atoms with Gasteiger partial charge in [-0.15, -0.1) is 0 Å².